The Balaban J connectivity index is 2.01. The Hall–Kier alpha value is -3.35. The summed E-state index contributed by atoms with van der Waals surface area (Å²) >= 11 is 0. The molecule has 0 aliphatic heterocycles. The normalized spacial score (nSPS) is 10.8. The third-order valence-electron chi connectivity index (χ3n) is 3.79. The van der Waals surface area contributed by atoms with Crippen LogP contribution in [0.25, 0.3) is 0 Å². The van der Waals surface area contributed by atoms with Crippen molar-refractivity contribution in [2.45, 2.75) is 40.3 Å². The van der Waals surface area contributed by atoms with Gasteiger partial charge >= 0.3 is 11.8 Å². The Morgan fingerprint density at radius 1 is 1.03 bits per heavy atom. The van der Waals surface area contributed by atoms with Crippen molar-refractivity contribution in [1.82, 2.24) is 10.7 Å². The second-order valence-corrected chi connectivity index (χ2v) is 6.74. The van der Waals surface area contributed by atoms with E-state index in [4.69, 9.17) is 9.47 Å². The fourth-order valence-electron chi connectivity index (χ4n) is 2.38. The lowest BCUT2D eigenvalue weighted by molar-refractivity contribution is -0.139. The molecule has 0 aliphatic rings. The molecule has 0 unspecified atom stereocenters. The molecule has 0 radical (unpaired) electrons. The summed E-state index contributed by atoms with van der Waals surface area (Å²) in [6, 6.07) is 13.3. The molecule has 2 rings (SSSR count). The van der Waals surface area contributed by atoms with E-state index in [0.717, 1.165) is 5.56 Å². The Morgan fingerprint density at radius 2 is 1.76 bits per heavy atom. The number of ether oxygens (including phenoxy) is 2. The van der Waals surface area contributed by atoms with Crippen molar-refractivity contribution in [3.05, 3.63) is 59.2 Å². The highest BCUT2D eigenvalue weighted by Crippen LogP contribution is 2.29. The van der Waals surface area contributed by atoms with E-state index in [1.165, 1.54) is 11.8 Å². The molecule has 29 heavy (non-hydrogen) atoms. The van der Waals surface area contributed by atoms with Gasteiger partial charge in [0.1, 0.15) is 6.61 Å². The van der Waals surface area contributed by atoms with Gasteiger partial charge in [-0.2, -0.15) is 5.10 Å². The van der Waals surface area contributed by atoms with Crippen LogP contribution in [-0.2, 0) is 16.2 Å². The molecule has 0 heterocycles. The third-order valence-corrected chi connectivity index (χ3v) is 3.79. The first-order valence-electron chi connectivity index (χ1n) is 9.48. The van der Waals surface area contributed by atoms with Crippen LogP contribution < -0.4 is 20.2 Å². The van der Waals surface area contributed by atoms with Crippen LogP contribution in [0.4, 0.5) is 0 Å². The van der Waals surface area contributed by atoms with Gasteiger partial charge in [-0.1, -0.05) is 29.8 Å². The fraction of sp³-hybridized carbons (Fsp3) is 0.318. The number of amides is 2. The van der Waals surface area contributed by atoms with Crippen molar-refractivity contribution in [2.24, 2.45) is 5.10 Å². The predicted molar refractivity (Wildman–Crippen MR) is 112 cm³/mol. The van der Waals surface area contributed by atoms with Gasteiger partial charge in [0.2, 0.25) is 0 Å². The molecule has 0 saturated carbocycles. The van der Waals surface area contributed by atoms with Gasteiger partial charge in [-0.15, -0.1) is 0 Å². The van der Waals surface area contributed by atoms with Crippen LogP contribution in [0.1, 0.15) is 37.5 Å². The number of benzene rings is 2. The molecule has 2 aromatic rings. The maximum absolute atomic E-state index is 11.7. The van der Waals surface area contributed by atoms with Gasteiger partial charge in [0, 0.05) is 6.04 Å². The van der Waals surface area contributed by atoms with Gasteiger partial charge in [0.25, 0.3) is 0 Å². The molecular weight excluding hydrogens is 370 g/mol. The summed E-state index contributed by atoms with van der Waals surface area (Å²) in [7, 11) is 0. The molecular formula is C22H27N3O4. The number of nitrogens with zero attached hydrogens (tertiary/aromatic N) is 1. The topological polar surface area (TPSA) is 89.0 Å². The summed E-state index contributed by atoms with van der Waals surface area (Å²) in [5, 5.41) is 6.31. The molecule has 0 bridgehead atoms. The molecule has 0 fully saturated rings. The monoisotopic (exact) mass is 397 g/mol. The number of aryl methyl sites for hydroxylation is 1. The lowest BCUT2D eigenvalue weighted by Gasteiger charge is -2.13. The standard InChI is InChI=1S/C22H27N3O4/c1-5-28-20-12-18(13-23-25-22(27)21(26)24-15(2)3)10-11-19(20)29-14-17-8-6-16(4)7-9-17/h6-13,15H,5,14H2,1-4H3,(H,24,26)(H,25,27)/b23-13-. The smallest absolute Gasteiger partial charge is 0.329 e. The van der Waals surface area contributed by atoms with Crippen molar-refractivity contribution in [2.75, 3.05) is 6.61 Å². The Kier molecular flexibility index (Phi) is 8.21. The molecule has 0 aliphatic carbocycles. The lowest BCUT2D eigenvalue weighted by atomic mass is 10.2. The first kappa shape index (κ1) is 21.9. The zero-order valence-electron chi connectivity index (χ0n) is 17.2. The van der Waals surface area contributed by atoms with E-state index in [0.29, 0.717) is 30.3 Å². The molecule has 7 heteroatoms. The van der Waals surface area contributed by atoms with Crippen LogP contribution in [0.5, 0.6) is 11.5 Å². The zero-order valence-corrected chi connectivity index (χ0v) is 17.2. The Morgan fingerprint density at radius 3 is 2.41 bits per heavy atom. The predicted octanol–water partition coefficient (Wildman–Crippen LogP) is 2.95. The van der Waals surface area contributed by atoms with Crippen LogP contribution in [0, 0.1) is 6.92 Å². The zero-order chi connectivity index (χ0) is 21.2. The van der Waals surface area contributed by atoms with Gasteiger partial charge in [0.05, 0.1) is 12.8 Å². The van der Waals surface area contributed by atoms with Crippen molar-refractivity contribution in [1.29, 1.82) is 0 Å². The van der Waals surface area contributed by atoms with Crippen LogP contribution in [0.2, 0.25) is 0 Å². The van der Waals surface area contributed by atoms with Crippen molar-refractivity contribution in [3.8, 4) is 11.5 Å². The van der Waals surface area contributed by atoms with Crippen molar-refractivity contribution >= 4 is 18.0 Å². The minimum absolute atomic E-state index is 0.126. The van der Waals surface area contributed by atoms with Gasteiger partial charge < -0.3 is 14.8 Å². The summed E-state index contributed by atoms with van der Waals surface area (Å²) in [6.45, 7) is 8.37. The number of hydrazone groups is 1. The van der Waals surface area contributed by atoms with E-state index in [1.54, 1.807) is 32.0 Å². The maximum Gasteiger partial charge on any atom is 0.329 e. The molecule has 2 aromatic carbocycles. The second-order valence-electron chi connectivity index (χ2n) is 6.74. The number of nitrogens with one attached hydrogen (secondary N) is 2. The van der Waals surface area contributed by atoms with E-state index in [9.17, 15) is 9.59 Å². The number of carbonyl (C=O) groups excluding carboxylic acids is 2. The summed E-state index contributed by atoms with van der Waals surface area (Å²) in [5.41, 5.74) is 5.15. The Labute approximate surface area is 171 Å². The third kappa shape index (κ3) is 7.29. The SMILES string of the molecule is CCOc1cc(/C=N\NC(=O)C(=O)NC(C)C)ccc1OCc1ccc(C)cc1. The molecule has 2 N–H and O–H groups in total. The summed E-state index contributed by atoms with van der Waals surface area (Å²) in [4.78, 5) is 23.2. The highest BCUT2D eigenvalue weighted by Gasteiger charge is 2.13. The maximum atomic E-state index is 11.7. The van der Waals surface area contributed by atoms with E-state index in [-0.39, 0.29) is 6.04 Å². The summed E-state index contributed by atoms with van der Waals surface area (Å²) in [5.74, 6) is -0.359. The molecule has 0 spiro atoms. The van der Waals surface area contributed by atoms with Gasteiger partial charge in [-0.25, -0.2) is 5.43 Å². The van der Waals surface area contributed by atoms with Crippen LogP contribution in [0.15, 0.2) is 47.6 Å². The van der Waals surface area contributed by atoms with Gasteiger partial charge in [0.15, 0.2) is 11.5 Å². The van der Waals surface area contributed by atoms with Gasteiger partial charge in [-0.05, 0) is 57.0 Å². The highest BCUT2D eigenvalue weighted by molar-refractivity contribution is 6.35. The van der Waals surface area contributed by atoms with E-state index in [2.05, 4.69) is 15.8 Å². The van der Waals surface area contributed by atoms with E-state index in [1.807, 2.05) is 38.1 Å². The first-order chi connectivity index (χ1) is 13.9. The molecule has 0 atom stereocenters. The average Bonchev–Trinajstić information content (AvgIpc) is 2.68. The van der Waals surface area contributed by atoms with E-state index < -0.39 is 11.8 Å². The minimum Gasteiger partial charge on any atom is -0.490 e. The van der Waals surface area contributed by atoms with E-state index >= 15 is 0 Å². The molecule has 2 amide bonds. The van der Waals surface area contributed by atoms with Crippen LogP contribution in [0.3, 0.4) is 0 Å². The fourth-order valence-corrected chi connectivity index (χ4v) is 2.38. The summed E-state index contributed by atoms with van der Waals surface area (Å²) in [6.07, 6.45) is 1.44. The number of hydrogen-bond donors (Lipinski definition) is 2. The van der Waals surface area contributed by atoms with Crippen LogP contribution >= 0.6 is 0 Å². The van der Waals surface area contributed by atoms with Crippen molar-refractivity contribution < 1.29 is 19.1 Å². The molecule has 0 saturated heterocycles. The Bertz CT molecular complexity index is 861. The number of hydrogen-bond acceptors (Lipinski definition) is 5. The largest absolute Gasteiger partial charge is 0.490 e. The molecule has 0 aromatic heterocycles. The molecule has 7 nitrogen and oxygen atoms in total. The van der Waals surface area contributed by atoms with Crippen LogP contribution in [-0.4, -0.2) is 30.7 Å². The lowest BCUT2D eigenvalue weighted by Crippen LogP contribution is -2.41. The second kappa shape index (κ2) is 10.8. The highest BCUT2D eigenvalue weighted by atomic mass is 16.5. The quantitative estimate of drug-likeness (QED) is 0.407. The van der Waals surface area contributed by atoms with Crippen molar-refractivity contribution in [3.63, 3.8) is 0 Å². The summed E-state index contributed by atoms with van der Waals surface area (Å²) < 4.78 is 11.5. The minimum atomic E-state index is -0.821. The first-order valence-corrected chi connectivity index (χ1v) is 9.48. The molecule has 154 valence electrons. The van der Waals surface area contributed by atoms with Gasteiger partial charge in [-0.3, -0.25) is 9.59 Å². The average molecular weight is 397 g/mol. The number of carbonyl (C=O) groups is 2. The number of rotatable bonds is 8.